The molecule has 0 saturated heterocycles. The summed E-state index contributed by atoms with van der Waals surface area (Å²) in [6.45, 7) is 2.07. The quantitative estimate of drug-likeness (QED) is 0.656. The normalized spacial score (nSPS) is 21.9. The van der Waals surface area contributed by atoms with E-state index in [9.17, 15) is 22.8 Å². The van der Waals surface area contributed by atoms with Crippen LogP contribution < -0.4 is 10.6 Å². The van der Waals surface area contributed by atoms with Crippen molar-refractivity contribution in [3.8, 4) is 0 Å². The number of carbonyl (C=O) groups excluding carboxylic acids is 1. The minimum Gasteiger partial charge on any atom is -0.480 e. The first kappa shape index (κ1) is 20.4. The predicted octanol–water partition coefficient (Wildman–Crippen LogP) is 3.46. The minimum atomic E-state index is -4.48. The second-order valence-corrected chi connectivity index (χ2v) is 7.66. The van der Waals surface area contributed by atoms with Gasteiger partial charge in [-0.3, -0.25) is 9.69 Å². The van der Waals surface area contributed by atoms with E-state index >= 15 is 0 Å². The lowest BCUT2D eigenvalue weighted by Crippen LogP contribution is -2.55. The summed E-state index contributed by atoms with van der Waals surface area (Å²) in [5.41, 5.74) is -0.698. The lowest BCUT2D eigenvalue weighted by Gasteiger charge is -2.42. The third kappa shape index (κ3) is 5.15. The van der Waals surface area contributed by atoms with Crippen molar-refractivity contribution in [2.24, 2.45) is 5.92 Å². The fourth-order valence-corrected chi connectivity index (χ4v) is 3.57. The van der Waals surface area contributed by atoms with Gasteiger partial charge in [-0.05, 0) is 56.2 Å². The van der Waals surface area contributed by atoms with Crippen molar-refractivity contribution in [1.82, 2.24) is 10.2 Å². The zero-order chi connectivity index (χ0) is 20.5. The minimum absolute atomic E-state index is 0.0104. The monoisotopic (exact) mass is 399 g/mol. The van der Waals surface area contributed by atoms with E-state index in [1.54, 1.807) is 0 Å². The molecule has 2 aliphatic rings. The van der Waals surface area contributed by atoms with E-state index in [0.29, 0.717) is 18.8 Å². The van der Waals surface area contributed by atoms with Crippen LogP contribution in [0.1, 0.15) is 36.8 Å². The molecule has 2 fully saturated rings. The first-order valence-corrected chi connectivity index (χ1v) is 9.33. The van der Waals surface area contributed by atoms with Gasteiger partial charge in [-0.15, -0.1) is 0 Å². The van der Waals surface area contributed by atoms with E-state index in [4.69, 9.17) is 5.11 Å². The smallest absolute Gasteiger partial charge is 0.416 e. The average Bonchev–Trinajstić information content (AvgIpc) is 3.34. The van der Waals surface area contributed by atoms with Crippen LogP contribution >= 0.6 is 0 Å². The number of urea groups is 1. The molecule has 0 atom stereocenters. The van der Waals surface area contributed by atoms with Crippen LogP contribution in [0, 0.1) is 12.8 Å². The molecule has 3 N–H and O–H groups in total. The summed E-state index contributed by atoms with van der Waals surface area (Å²) < 4.78 is 38.9. The molecule has 0 spiro atoms. The summed E-state index contributed by atoms with van der Waals surface area (Å²) in [5.74, 6) is -0.298. The molecule has 0 bridgehead atoms. The molecule has 0 unspecified atom stereocenters. The van der Waals surface area contributed by atoms with E-state index in [1.165, 1.54) is 19.1 Å². The van der Waals surface area contributed by atoms with E-state index < -0.39 is 23.7 Å². The zero-order valence-corrected chi connectivity index (χ0v) is 15.6. The second kappa shape index (κ2) is 7.98. The van der Waals surface area contributed by atoms with Gasteiger partial charge in [-0.25, -0.2) is 4.79 Å². The van der Waals surface area contributed by atoms with Gasteiger partial charge in [0.25, 0.3) is 0 Å². The van der Waals surface area contributed by atoms with Gasteiger partial charge in [0.1, 0.15) is 0 Å². The largest absolute Gasteiger partial charge is 0.480 e. The summed E-state index contributed by atoms with van der Waals surface area (Å²) >= 11 is 0. The van der Waals surface area contributed by atoms with Gasteiger partial charge < -0.3 is 15.7 Å². The lowest BCUT2D eigenvalue weighted by atomic mass is 9.85. The third-order valence-electron chi connectivity index (χ3n) is 5.38. The van der Waals surface area contributed by atoms with Crippen LogP contribution in [0.3, 0.4) is 0 Å². The van der Waals surface area contributed by atoms with Crippen LogP contribution in [0.5, 0.6) is 0 Å². The highest BCUT2D eigenvalue weighted by atomic mass is 19.4. The van der Waals surface area contributed by atoms with Crippen LogP contribution in [-0.2, 0) is 11.0 Å². The molecule has 0 heterocycles. The molecular weight excluding hydrogens is 375 g/mol. The SMILES string of the molecule is Cc1c(NC(=O)NC2CC(N(CC(=O)O)CC3CC3)C2)cccc1C(F)(F)F. The maximum absolute atomic E-state index is 13.0. The topological polar surface area (TPSA) is 81.7 Å². The van der Waals surface area contributed by atoms with Gasteiger partial charge >= 0.3 is 18.2 Å². The van der Waals surface area contributed by atoms with Crippen molar-refractivity contribution >= 4 is 17.7 Å². The van der Waals surface area contributed by atoms with Crippen LogP contribution in [0.15, 0.2) is 18.2 Å². The number of benzene rings is 1. The van der Waals surface area contributed by atoms with Gasteiger partial charge in [0.2, 0.25) is 0 Å². The molecule has 1 aromatic rings. The Morgan fingerprint density at radius 3 is 2.50 bits per heavy atom. The van der Waals surface area contributed by atoms with Crippen LogP contribution in [0.25, 0.3) is 0 Å². The van der Waals surface area contributed by atoms with Gasteiger partial charge in [0, 0.05) is 24.3 Å². The highest BCUT2D eigenvalue weighted by molar-refractivity contribution is 5.90. The van der Waals surface area contributed by atoms with Crippen molar-refractivity contribution in [3.63, 3.8) is 0 Å². The van der Waals surface area contributed by atoms with Gasteiger partial charge in [-0.2, -0.15) is 13.2 Å². The van der Waals surface area contributed by atoms with E-state index in [1.807, 2.05) is 4.90 Å². The number of alkyl halides is 3. The number of nitrogens with one attached hydrogen (secondary N) is 2. The number of halogens is 3. The van der Waals surface area contributed by atoms with Crippen LogP contribution in [0.4, 0.5) is 23.7 Å². The Labute approximate surface area is 161 Å². The Hall–Kier alpha value is -2.29. The summed E-state index contributed by atoms with van der Waals surface area (Å²) in [6, 6.07) is 3.10. The summed E-state index contributed by atoms with van der Waals surface area (Å²) in [6.07, 6.45) is -0.953. The summed E-state index contributed by atoms with van der Waals surface area (Å²) in [7, 11) is 0. The van der Waals surface area contributed by atoms with Gasteiger partial charge in [0.15, 0.2) is 0 Å². The van der Waals surface area contributed by atoms with E-state index in [0.717, 1.165) is 25.5 Å². The van der Waals surface area contributed by atoms with E-state index in [2.05, 4.69) is 10.6 Å². The number of anilines is 1. The number of aliphatic carboxylic acids is 1. The van der Waals surface area contributed by atoms with Crippen LogP contribution in [0.2, 0.25) is 0 Å². The first-order chi connectivity index (χ1) is 13.1. The lowest BCUT2D eigenvalue weighted by molar-refractivity contribution is -0.140. The van der Waals surface area contributed by atoms with E-state index in [-0.39, 0.29) is 29.9 Å². The third-order valence-corrected chi connectivity index (χ3v) is 5.38. The van der Waals surface area contributed by atoms with Gasteiger partial charge in [-0.1, -0.05) is 6.07 Å². The standard InChI is InChI=1S/C19H24F3N3O3/c1-11-15(19(20,21)22)3-2-4-16(11)24-18(28)23-13-7-14(8-13)25(10-17(26)27)9-12-5-6-12/h2-4,12-14H,5-10H2,1H3,(H,26,27)(H2,23,24,28). The average molecular weight is 399 g/mol. The molecule has 1 aromatic carbocycles. The number of carboxylic acid groups (broad SMARTS) is 1. The number of carboxylic acids is 1. The highest BCUT2D eigenvalue weighted by Gasteiger charge is 2.38. The molecule has 3 rings (SSSR count). The van der Waals surface area contributed by atoms with Crippen LogP contribution in [-0.4, -0.2) is 47.2 Å². The molecule has 0 aliphatic heterocycles. The number of hydrogen-bond acceptors (Lipinski definition) is 3. The Kier molecular flexibility index (Phi) is 5.83. The number of nitrogens with zero attached hydrogens (tertiary/aromatic N) is 1. The fourth-order valence-electron chi connectivity index (χ4n) is 3.57. The molecule has 154 valence electrons. The number of rotatable bonds is 7. The Morgan fingerprint density at radius 2 is 1.93 bits per heavy atom. The highest BCUT2D eigenvalue weighted by Crippen LogP contribution is 2.35. The Morgan fingerprint density at radius 1 is 1.25 bits per heavy atom. The Bertz CT molecular complexity index is 744. The molecule has 9 heteroatoms. The molecule has 2 saturated carbocycles. The number of amides is 2. The number of hydrogen-bond donors (Lipinski definition) is 3. The van der Waals surface area contributed by atoms with Gasteiger partial charge in [0.05, 0.1) is 12.1 Å². The second-order valence-electron chi connectivity index (χ2n) is 7.66. The zero-order valence-electron chi connectivity index (χ0n) is 15.6. The van der Waals surface area contributed by atoms with Crippen molar-refractivity contribution in [2.45, 2.75) is 50.9 Å². The first-order valence-electron chi connectivity index (χ1n) is 9.33. The maximum atomic E-state index is 13.0. The molecule has 0 radical (unpaired) electrons. The van der Waals surface area contributed by atoms with Crippen molar-refractivity contribution in [3.05, 3.63) is 29.3 Å². The molecule has 28 heavy (non-hydrogen) atoms. The van der Waals surface area contributed by atoms with Crippen molar-refractivity contribution < 1.29 is 27.9 Å². The van der Waals surface area contributed by atoms with Crippen molar-refractivity contribution in [2.75, 3.05) is 18.4 Å². The maximum Gasteiger partial charge on any atom is 0.416 e. The molecule has 6 nitrogen and oxygen atoms in total. The molecular formula is C19H24F3N3O3. The molecule has 0 aromatic heterocycles. The predicted molar refractivity (Wildman–Crippen MR) is 97.1 cm³/mol. The Balaban J connectivity index is 1.51. The summed E-state index contributed by atoms with van der Waals surface area (Å²) in [4.78, 5) is 25.2. The van der Waals surface area contributed by atoms with Crippen molar-refractivity contribution in [1.29, 1.82) is 0 Å². The summed E-state index contributed by atoms with van der Waals surface area (Å²) in [5, 5.41) is 14.3. The molecule has 2 aliphatic carbocycles. The molecule has 2 amide bonds. The number of carbonyl (C=O) groups is 2. The fraction of sp³-hybridized carbons (Fsp3) is 0.579.